The van der Waals surface area contributed by atoms with E-state index in [1.165, 1.54) is 12.3 Å². The lowest BCUT2D eigenvalue weighted by molar-refractivity contribution is 0.0940. The fourth-order valence-corrected chi connectivity index (χ4v) is 1.97. The monoisotopic (exact) mass is 329 g/mol. The first-order chi connectivity index (χ1) is 11.8. The first kappa shape index (κ1) is 15.6. The summed E-state index contributed by atoms with van der Waals surface area (Å²) in [5, 5.41) is 10.1. The van der Waals surface area contributed by atoms with Crippen LogP contribution >= 0.6 is 0 Å². The average molecular weight is 329 g/mol. The average Bonchev–Trinajstić information content (AvgIpc) is 3.30. The fourth-order valence-electron chi connectivity index (χ4n) is 1.97. The summed E-state index contributed by atoms with van der Waals surface area (Å²) >= 11 is 0. The van der Waals surface area contributed by atoms with Crippen molar-refractivity contribution in [3.05, 3.63) is 59.8 Å². The number of carbonyl (C=O) groups excluding carboxylic acids is 1. The number of carbonyl (C=O) groups is 1. The number of aromatic nitrogens is 2. The summed E-state index contributed by atoms with van der Waals surface area (Å²) < 4.78 is 20.6. The zero-order valence-electron chi connectivity index (χ0n) is 12.9. The van der Waals surface area contributed by atoms with Crippen LogP contribution in [0.5, 0.6) is 11.5 Å². The van der Waals surface area contributed by atoms with Gasteiger partial charge in [-0.2, -0.15) is 0 Å². The van der Waals surface area contributed by atoms with Gasteiger partial charge in [0.2, 0.25) is 0 Å². The van der Waals surface area contributed by atoms with Gasteiger partial charge < -0.3 is 23.8 Å². The second-order valence-electron chi connectivity index (χ2n) is 4.79. The van der Waals surface area contributed by atoms with Crippen LogP contribution in [0.4, 0.5) is 0 Å². The molecule has 0 atom stereocenters. The van der Waals surface area contributed by atoms with Gasteiger partial charge in [0.1, 0.15) is 18.6 Å². The SMILES string of the molecule is COc1ccccc1OCc1cc(C(=O)NCc2ccon2)no1. The van der Waals surface area contributed by atoms with Crippen LogP contribution in [0.3, 0.4) is 0 Å². The van der Waals surface area contributed by atoms with Crippen molar-refractivity contribution < 1.29 is 23.3 Å². The molecule has 124 valence electrons. The number of hydrogen-bond acceptors (Lipinski definition) is 7. The molecule has 0 radical (unpaired) electrons. The predicted octanol–water partition coefficient (Wildman–Crippen LogP) is 2.18. The molecule has 3 rings (SSSR count). The van der Waals surface area contributed by atoms with Gasteiger partial charge in [-0.25, -0.2) is 0 Å². The van der Waals surface area contributed by atoms with Crippen LogP contribution < -0.4 is 14.8 Å². The van der Waals surface area contributed by atoms with Gasteiger partial charge in [0.25, 0.3) is 5.91 Å². The largest absolute Gasteiger partial charge is 0.493 e. The van der Waals surface area contributed by atoms with E-state index in [9.17, 15) is 4.79 Å². The van der Waals surface area contributed by atoms with Crippen LogP contribution in [-0.4, -0.2) is 23.3 Å². The Morgan fingerprint density at radius 3 is 2.79 bits per heavy atom. The van der Waals surface area contributed by atoms with Crippen LogP contribution in [0, 0.1) is 0 Å². The molecule has 8 heteroatoms. The molecule has 0 fully saturated rings. The van der Waals surface area contributed by atoms with Gasteiger partial charge in [0.05, 0.1) is 13.7 Å². The summed E-state index contributed by atoms with van der Waals surface area (Å²) in [5.74, 6) is 1.24. The molecule has 24 heavy (non-hydrogen) atoms. The first-order valence-electron chi connectivity index (χ1n) is 7.15. The number of rotatable bonds is 7. The lowest BCUT2D eigenvalue weighted by atomic mass is 10.3. The van der Waals surface area contributed by atoms with Crippen molar-refractivity contribution in [2.75, 3.05) is 7.11 Å². The molecule has 2 aromatic heterocycles. The van der Waals surface area contributed by atoms with Gasteiger partial charge in [-0.05, 0) is 12.1 Å². The van der Waals surface area contributed by atoms with Gasteiger partial charge in [-0.3, -0.25) is 4.79 Å². The number of ether oxygens (including phenoxy) is 2. The molecule has 3 aromatic rings. The van der Waals surface area contributed by atoms with E-state index in [1.54, 1.807) is 25.3 Å². The standard InChI is InChI=1S/C16H15N3O5/c1-21-14-4-2-3-5-15(14)22-10-12-8-13(19-24-12)16(20)17-9-11-6-7-23-18-11/h2-8H,9-10H2,1H3,(H,17,20). The quantitative estimate of drug-likeness (QED) is 0.709. The Morgan fingerprint density at radius 1 is 1.21 bits per heavy atom. The third-order valence-corrected chi connectivity index (χ3v) is 3.15. The van der Waals surface area contributed by atoms with Crippen LogP contribution in [0.2, 0.25) is 0 Å². The van der Waals surface area contributed by atoms with E-state index >= 15 is 0 Å². The smallest absolute Gasteiger partial charge is 0.273 e. The lowest BCUT2D eigenvalue weighted by Crippen LogP contribution is -2.23. The van der Waals surface area contributed by atoms with Crippen molar-refractivity contribution in [2.24, 2.45) is 0 Å². The van der Waals surface area contributed by atoms with E-state index in [1.807, 2.05) is 12.1 Å². The molecular formula is C16H15N3O5. The third-order valence-electron chi connectivity index (χ3n) is 3.15. The van der Waals surface area contributed by atoms with Gasteiger partial charge in [-0.15, -0.1) is 0 Å². The summed E-state index contributed by atoms with van der Waals surface area (Å²) in [5.41, 5.74) is 0.781. The Balaban J connectivity index is 1.56. The lowest BCUT2D eigenvalue weighted by Gasteiger charge is -2.08. The van der Waals surface area contributed by atoms with Gasteiger partial charge >= 0.3 is 0 Å². The number of hydrogen-bond donors (Lipinski definition) is 1. The minimum absolute atomic E-state index is 0.129. The Hall–Kier alpha value is -3.29. The van der Waals surface area contributed by atoms with Crippen LogP contribution in [0.25, 0.3) is 0 Å². The Bertz CT molecular complexity index is 798. The number of nitrogens with one attached hydrogen (secondary N) is 1. The van der Waals surface area contributed by atoms with Gasteiger partial charge in [-0.1, -0.05) is 22.4 Å². The zero-order chi connectivity index (χ0) is 16.8. The molecular weight excluding hydrogens is 314 g/mol. The molecule has 0 spiro atoms. The Morgan fingerprint density at radius 2 is 2.04 bits per heavy atom. The third kappa shape index (κ3) is 3.72. The summed E-state index contributed by atoms with van der Waals surface area (Å²) in [4.78, 5) is 12.0. The summed E-state index contributed by atoms with van der Waals surface area (Å²) in [7, 11) is 1.56. The minimum atomic E-state index is -0.370. The van der Waals surface area contributed by atoms with E-state index in [4.69, 9.17) is 14.0 Å². The molecule has 1 amide bonds. The van der Waals surface area contributed by atoms with E-state index in [2.05, 4.69) is 20.2 Å². The van der Waals surface area contributed by atoms with E-state index < -0.39 is 0 Å². The highest BCUT2D eigenvalue weighted by molar-refractivity contribution is 5.92. The molecule has 0 aliphatic heterocycles. The summed E-state index contributed by atoms with van der Waals surface area (Å²) in [6.45, 7) is 0.374. The number of nitrogens with zero attached hydrogens (tertiary/aromatic N) is 2. The topological polar surface area (TPSA) is 99.6 Å². The normalized spacial score (nSPS) is 10.4. The second-order valence-corrected chi connectivity index (χ2v) is 4.79. The molecule has 0 aliphatic carbocycles. The molecule has 0 aliphatic rings. The summed E-state index contributed by atoms with van der Waals surface area (Å²) in [6.07, 6.45) is 1.44. The van der Waals surface area contributed by atoms with Crippen molar-refractivity contribution in [1.82, 2.24) is 15.6 Å². The van der Waals surface area contributed by atoms with Gasteiger partial charge in [0, 0.05) is 12.1 Å². The number of amides is 1. The number of para-hydroxylation sites is 2. The highest BCUT2D eigenvalue weighted by Crippen LogP contribution is 2.26. The molecule has 1 N–H and O–H groups in total. The van der Waals surface area contributed by atoms with Gasteiger partial charge in [0.15, 0.2) is 23.0 Å². The summed E-state index contributed by atoms with van der Waals surface area (Å²) in [6, 6.07) is 10.4. The Kier molecular flexibility index (Phi) is 4.76. The minimum Gasteiger partial charge on any atom is -0.493 e. The molecule has 1 aromatic carbocycles. The van der Waals surface area contributed by atoms with Crippen molar-refractivity contribution in [2.45, 2.75) is 13.2 Å². The predicted molar refractivity (Wildman–Crippen MR) is 81.5 cm³/mol. The van der Waals surface area contributed by atoms with Crippen LogP contribution in [0.15, 0.2) is 51.7 Å². The number of benzene rings is 1. The molecule has 0 saturated heterocycles. The van der Waals surface area contributed by atoms with Crippen molar-refractivity contribution >= 4 is 5.91 Å². The van der Waals surface area contributed by atoms with Crippen molar-refractivity contribution in [3.8, 4) is 11.5 Å². The zero-order valence-corrected chi connectivity index (χ0v) is 12.9. The molecule has 2 heterocycles. The fraction of sp³-hybridized carbons (Fsp3) is 0.188. The molecule has 0 unspecified atom stereocenters. The maximum Gasteiger partial charge on any atom is 0.273 e. The highest BCUT2D eigenvalue weighted by atomic mass is 16.5. The van der Waals surface area contributed by atoms with E-state index in [0.717, 1.165) is 0 Å². The second kappa shape index (κ2) is 7.32. The first-order valence-corrected chi connectivity index (χ1v) is 7.15. The van der Waals surface area contributed by atoms with Crippen LogP contribution in [0.1, 0.15) is 21.9 Å². The van der Waals surface area contributed by atoms with E-state index in [-0.39, 0.29) is 24.8 Å². The Labute approximate surface area is 137 Å². The van der Waals surface area contributed by atoms with E-state index in [0.29, 0.717) is 23.0 Å². The maximum atomic E-state index is 12.0. The number of methoxy groups -OCH3 is 1. The van der Waals surface area contributed by atoms with Crippen molar-refractivity contribution in [1.29, 1.82) is 0 Å². The maximum absolute atomic E-state index is 12.0. The molecule has 0 bridgehead atoms. The molecule has 8 nitrogen and oxygen atoms in total. The molecule has 0 saturated carbocycles. The highest BCUT2D eigenvalue weighted by Gasteiger charge is 2.14. The van der Waals surface area contributed by atoms with Crippen molar-refractivity contribution in [3.63, 3.8) is 0 Å². The van der Waals surface area contributed by atoms with Crippen LogP contribution in [-0.2, 0) is 13.2 Å².